The quantitative estimate of drug-likeness (QED) is 0.668. The van der Waals surface area contributed by atoms with E-state index < -0.39 is 0 Å². The second-order valence-electron chi connectivity index (χ2n) is 5.96. The lowest BCUT2D eigenvalue weighted by Crippen LogP contribution is -2.24. The molecular weight excluding hydrogens is 302 g/mol. The van der Waals surface area contributed by atoms with Crippen LogP contribution in [0.5, 0.6) is 0 Å². The Morgan fingerprint density at radius 2 is 1.83 bits per heavy atom. The van der Waals surface area contributed by atoms with E-state index in [0.29, 0.717) is 12.1 Å². The molecule has 0 saturated heterocycles. The molecule has 1 amide bonds. The Morgan fingerprint density at radius 3 is 2.75 bits per heavy atom. The Hall–Kier alpha value is -2.89. The Balaban J connectivity index is 1.82. The summed E-state index contributed by atoms with van der Waals surface area (Å²) in [6.45, 7) is 1.57. The van der Waals surface area contributed by atoms with Crippen LogP contribution in [0.25, 0.3) is 16.8 Å². The molecule has 24 heavy (non-hydrogen) atoms. The molecule has 1 aromatic carbocycles. The SMILES string of the molecule is O=C1NCCCCCNc2ccn3ncc(c3n2)-c2cccc1c2. The lowest BCUT2D eigenvalue weighted by atomic mass is 10.1. The summed E-state index contributed by atoms with van der Waals surface area (Å²) in [6, 6.07) is 9.54. The van der Waals surface area contributed by atoms with E-state index in [-0.39, 0.29) is 5.91 Å². The number of amides is 1. The van der Waals surface area contributed by atoms with E-state index in [1.54, 1.807) is 10.7 Å². The number of hydrogen-bond acceptors (Lipinski definition) is 4. The number of rotatable bonds is 0. The zero-order valence-electron chi connectivity index (χ0n) is 13.3. The van der Waals surface area contributed by atoms with Crippen molar-refractivity contribution in [2.75, 3.05) is 18.4 Å². The number of anilines is 1. The summed E-state index contributed by atoms with van der Waals surface area (Å²) in [5.74, 6) is 0.819. The fourth-order valence-electron chi connectivity index (χ4n) is 2.95. The lowest BCUT2D eigenvalue weighted by Gasteiger charge is -2.06. The second-order valence-corrected chi connectivity index (χ2v) is 5.96. The standard InChI is InChI=1S/C18H19N5O/c24-18-14-6-4-5-13(11-14)15-12-21-23-10-7-16(22-17(15)23)19-8-2-1-3-9-20-18/h4-7,10-12H,1-3,8-9H2,(H,19,22)(H,20,24). The average Bonchev–Trinajstić information content (AvgIpc) is 3.03. The lowest BCUT2D eigenvalue weighted by molar-refractivity contribution is 0.0953. The van der Waals surface area contributed by atoms with E-state index in [2.05, 4.69) is 20.7 Å². The molecule has 0 spiro atoms. The van der Waals surface area contributed by atoms with E-state index in [0.717, 1.165) is 48.4 Å². The van der Waals surface area contributed by atoms with E-state index in [1.165, 1.54) is 0 Å². The van der Waals surface area contributed by atoms with Gasteiger partial charge in [0.15, 0.2) is 5.65 Å². The van der Waals surface area contributed by atoms with E-state index in [1.807, 2.05) is 36.5 Å². The third-order valence-electron chi connectivity index (χ3n) is 4.25. The van der Waals surface area contributed by atoms with Crippen LogP contribution in [0.3, 0.4) is 0 Å². The normalized spacial score (nSPS) is 15.4. The van der Waals surface area contributed by atoms with E-state index in [9.17, 15) is 4.79 Å². The van der Waals surface area contributed by atoms with E-state index in [4.69, 9.17) is 0 Å². The molecule has 0 fully saturated rings. The molecule has 122 valence electrons. The first kappa shape index (κ1) is 14.7. The van der Waals surface area contributed by atoms with Crippen molar-refractivity contribution < 1.29 is 4.79 Å². The number of aromatic nitrogens is 3. The summed E-state index contributed by atoms with van der Waals surface area (Å²) in [5, 5.41) is 10.7. The zero-order valence-corrected chi connectivity index (χ0v) is 13.3. The minimum Gasteiger partial charge on any atom is -0.370 e. The number of fused-ring (bicyclic) bond motifs is 4. The first-order valence-corrected chi connectivity index (χ1v) is 8.28. The largest absolute Gasteiger partial charge is 0.370 e. The molecule has 2 aromatic heterocycles. The molecule has 3 aromatic rings. The summed E-state index contributed by atoms with van der Waals surface area (Å²) >= 11 is 0. The van der Waals surface area contributed by atoms with Gasteiger partial charge in [-0.2, -0.15) is 5.10 Å². The van der Waals surface area contributed by atoms with Crippen molar-refractivity contribution in [1.82, 2.24) is 19.9 Å². The van der Waals surface area contributed by atoms with Gasteiger partial charge in [0.05, 0.1) is 6.20 Å². The monoisotopic (exact) mass is 321 g/mol. The Morgan fingerprint density at radius 1 is 1.00 bits per heavy atom. The van der Waals surface area contributed by atoms with Crippen LogP contribution in [0.4, 0.5) is 5.82 Å². The molecule has 6 heteroatoms. The highest BCUT2D eigenvalue weighted by atomic mass is 16.1. The number of carbonyl (C=O) groups excluding carboxylic acids is 1. The summed E-state index contributed by atoms with van der Waals surface area (Å²) in [4.78, 5) is 17.0. The highest BCUT2D eigenvalue weighted by Gasteiger charge is 2.12. The van der Waals surface area contributed by atoms with Gasteiger partial charge < -0.3 is 10.6 Å². The van der Waals surface area contributed by atoms with Gasteiger partial charge in [0, 0.05) is 30.4 Å². The van der Waals surface area contributed by atoms with Crippen molar-refractivity contribution in [2.24, 2.45) is 0 Å². The number of benzene rings is 1. The van der Waals surface area contributed by atoms with Gasteiger partial charge in [-0.05, 0) is 43.0 Å². The Kier molecular flexibility index (Phi) is 3.86. The molecule has 3 heterocycles. The van der Waals surface area contributed by atoms with Gasteiger partial charge in [-0.25, -0.2) is 9.50 Å². The van der Waals surface area contributed by atoms with Crippen molar-refractivity contribution in [3.05, 3.63) is 48.3 Å². The van der Waals surface area contributed by atoms with Crippen LogP contribution < -0.4 is 10.6 Å². The molecule has 1 aliphatic heterocycles. The van der Waals surface area contributed by atoms with Crippen molar-refractivity contribution >= 4 is 17.4 Å². The number of carbonyl (C=O) groups is 1. The first-order valence-electron chi connectivity index (χ1n) is 8.28. The van der Waals surface area contributed by atoms with E-state index >= 15 is 0 Å². The van der Waals surface area contributed by atoms with Gasteiger partial charge in [-0.1, -0.05) is 12.1 Å². The van der Waals surface area contributed by atoms with Crippen LogP contribution in [0.2, 0.25) is 0 Å². The van der Waals surface area contributed by atoms with Crippen molar-refractivity contribution in [1.29, 1.82) is 0 Å². The summed E-state index contributed by atoms with van der Waals surface area (Å²) in [5.41, 5.74) is 3.31. The number of nitrogens with zero attached hydrogens (tertiary/aromatic N) is 3. The number of nitrogens with one attached hydrogen (secondary N) is 2. The van der Waals surface area contributed by atoms with Crippen molar-refractivity contribution in [2.45, 2.75) is 19.3 Å². The average molecular weight is 321 g/mol. The molecule has 0 atom stereocenters. The molecular formula is C18H19N5O. The highest BCUT2D eigenvalue weighted by Crippen LogP contribution is 2.25. The molecule has 0 unspecified atom stereocenters. The van der Waals surface area contributed by atoms with Gasteiger partial charge in [0.1, 0.15) is 5.82 Å². The Bertz CT molecular complexity index is 886. The second kappa shape index (κ2) is 6.31. The molecule has 4 bridgehead atoms. The molecule has 6 nitrogen and oxygen atoms in total. The fraction of sp³-hybridized carbons (Fsp3) is 0.278. The van der Waals surface area contributed by atoms with Crippen LogP contribution in [0.1, 0.15) is 29.6 Å². The minimum atomic E-state index is -0.0324. The van der Waals surface area contributed by atoms with Crippen LogP contribution in [0, 0.1) is 0 Å². The third-order valence-corrected chi connectivity index (χ3v) is 4.25. The molecule has 0 radical (unpaired) electrons. The van der Waals surface area contributed by atoms with Gasteiger partial charge in [0.25, 0.3) is 5.91 Å². The van der Waals surface area contributed by atoms with Gasteiger partial charge in [0.2, 0.25) is 0 Å². The zero-order chi connectivity index (χ0) is 16.4. The summed E-state index contributed by atoms with van der Waals surface area (Å²) < 4.78 is 1.76. The topological polar surface area (TPSA) is 71.3 Å². The fourth-order valence-corrected chi connectivity index (χ4v) is 2.95. The van der Waals surface area contributed by atoms with Crippen molar-refractivity contribution in [3.8, 4) is 11.1 Å². The Labute approximate surface area is 139 Å². The van der Waals surface area contributed by atoms with Gasteiger partial charge in [-0.15, -0.1) is 0 Å². The highest BCUT2D eigenvalue weighted by molar-refractivity contribution is 5.96. The van der Waals surface area contributed by atoms with Crippen LogP contribution >= 0.6 is 0 Å². The minimum absolute atomic E-state index is 0.0324. The molecule has 0 saturated carbocycles. The predicted octanol–water partition coefficient (Wildman–Crippen LogP) is 2.72. The van der Waals surface area contributed by atoms with Crippen LogP contribution in [0.15, 0.2) is 42.7 Å². The molecule has 2 N–H and O–H groups in total. The van der Waals surface area contributed by atoms with Crippen LogP contribution in [-0.2, 0) is 0 Å². The number of hydrogen-bond donors (Lipinski definition) is 2. The van der Waals surface area contributed by atoms with Gasteiger partial charge in [-0.3, -0.25) is 4.79 Å². The maximum atomic E-state index is 12.3. The predicted molar refractivity (Wildman–Crippen MR) is 93.1 cm³/mol. The summed E-state index contributed by atoms with van der Waals surface area (Å²) in [6.07, 6.45) is 6.78. The maximum Gasteiger partial charge on any atom is 0.251 e. The summed E-state index contributed by atoms with van der Waals surface area (Å²) in [7, 11) is 0. The molecule has 0 aliphatic carbocycles. The third kappa shape index (κ3) is 2.82. The molecule has 1 aliphatic rings. The molecule has 4 rings (SSSR count). The van der Waals surface area contributed by atoms with Gasteiger partial charge >= 0.3 is 0 Å². The smallest absolute Gasteiger partial charge is 0.251 e. The van der Waals surface area contributed by atoms with Crippen LogP contribution in [-0.4, -0.2) is 33.6 Å². The van der Waals surface area contributed by atoms with Crippen molar-refractivity contribution in [3.63, 3.8) is 0 Å². The first-order chi connectivity index (χ1) is 11.8. The maximum absolute atomic E-state index is 12.3.